The first kappa shape index (κ1) is 12.5. The van der Waals surface area contributed by atoms with Gasteiger partial charge in [0.25, 0.3) is 0 Å². The van der Waals surface area contributed by atoms with Gasteiger partial charge >= 0.3 is 6.03 Å². The fourth-order valence-corrected chi connectivity index (χ4v) is 2.11. The van der Waals surface area contributed by atoms with Crippen molar-refractivity contribution in [3.63, 3.8) is 0 Å². The quantitative estimate of drug-likeness (QED) is 0.796. The number of nitrogen functional groups attached to an aromatic ring is 1. The molecule has 0 aliphatic carbocycles. The second-order valence-electron chi connectivity index (χ2n) is 4.67. The van der Waals surface area contributed by atoms with Gasteiger partial charge in [0.1, 0.15) is 6.33 Å². The van der Waals surface area contributed by atoms with E-state index in [2.05, 4.69) is 15.4 Å². The van der Waals surface area contributed by atoms with E-state index in [0.29, 0.717) is 31.1 Å². The zero-order valence-corrected chi connectivity index (χ0v) is 11.0. The van der Waals surface area contributed by atoms with Gasteiger partial charge in [0.05, 0.1) is 6.54 Å². The second kappa shape index (κ2) is 5.20. The first-order chi connectivity index (χ1) is 9.72. The molecule has 104 valence electrons. The molecule has 7 heteroatoms. The van der Waals surface area contributed by atoms with Gasteiger partial charge in [-0.05, 0) is 24.3 Å². The summed E-state index contributed by atoms with van der Waals surface area (Å²) in [6.45, 7) is 2.73. The van der Waals surface area contributed by atoms with Crippen LogP contribution in [0.5, 0.6) is 0 Å². The Morgan fingerprint density at radius 3 is 2.75 bits per heavy atom. The molecule has 7 nitrogen and oxygen atoms in total. The highest BCUT2D eigenvalue weighted by Gasteiger charge is 2.18. The zero-order chi connectivity index (χ0) is 13.9. The van der Waals surface area contributed by atoms with Gasteiger partial charge < -0.3 is 16.0 Å². The molecule has 0 saturated carbocycles. The number of hydrogen-bond acceptors (Lipinski definition) is 4. The molecule has 2 aromatic rings. The number of aromatic nitrogens is 3. The number of benzene rings is 1. The lowest BCUT2D eigenvalue weighted by atomic mass is 10.2. The van der Waals surface area contributed by atoms with Crippen LogP contribution in [-0.2, 0) is 6.54 Å². The SMILES string of the molecule is Nc1ccc(-c2ncn(CCN3CCNC3=O)n2)cc1. The van der Waals surface area contributed by atoms with Crippen molar-refractivity contribution in [2.75, 3.05) is 25.4 Å². The molecule has 20 heavy (non-hydrogen) atoms. The number of nitrogens with one attached hydrogen (secondary N) is 1. The Kier molecular flexibility index (Phi) is 3.24. The molecule has 0 unspecified atom stereocenters. The van der Waals surface area contributed by atoms with Crippen molar-refractivity contribution >= 4 is 11.7 Å². The standard InChI is InChI=1S/C13H16N6O/c14-11-3-1-10(2-4-11)12-16-9-19(17-12)8-7-18-6-5-15-13(18)20/h1-4,9H,5-8,14H2,(H,15,20). The maximum absolute atomic E-state index is 11.4. The van der Waals surface area contributed by atoms with Gasteiger partial charge in [0.15, 0.2) is 5.82 Å². The topological polar surface area (TPSA) is 89.1 Å². The maximum atomic E-state index is 11.4. The summed E-state index contributed by atoms with van der Waals surface area (Å²) < 4.78 is 1.75. The molecular formula is C13H16N6O. The minimum absolute atomic E-state index is 0.0103. The number of amides is 2. The molecule has 3 rings (SSSR count). The normalized spacial score (nSPS) is 14.6. The molecule has 1 aliphatic heterocycles. The molecule has 1 aromatic heterocycles. The van der Waals surface area contributed by atoms with E-state index < -0.39 is 0 Å². The summed E-state index contributed by atoms with van der Waals surface area (Å²) in [6.07, 6.45) is 1.68. The summed E-state index contributed by atoms with van der Waals surface area (Å²) in [6, 6.07) is 7.42. The molecule has 1 fully saturated rings. The van der Waals surface area contributed by atoms with Crippen molar-refractivity contribution in [3.05, 3.63) is 30.6 Å². The number of carbonyl (C=O) groups excluding carboxylic acids is 1. The van der Waals surface area contributed by atoms with Crippen molar-refractivity contribution in [2.45, 2.75) is 6.54 Å². The highest BCUT2D eigenvalue weighted by molar-refractivity contribution is 5.76. The Balaban J connectivity index is 1.64. The fourth-order valence-electron chi connectivity index (χ4n) is 2.11. The summed E-state index contributed by atoms with van der Waals surface area (Å²) in [4.78, 5) is 17.5. The molecule has 0 radical (unpaired) electrons. The van der Waals surface area contributed by atoms with Gasteiger partial charge in [-0.15, -0.1) is 0 Å². The molecule has 1 aromatic carbocycles. The van der Waals surface area contributed by atoms with Crippen LogP contribution in [0.2, 0.25) is 0 Å². The lowest BCUT2D eigenvalue weighted by molar-refractivity contribution is 0.215. The van der Waals surface area contributed by atoms with Crippen LogP contribution in [0.25, 0.3) is 11.4 Å². The van der Waals surface area contributed by atoms with Crippen LogP contribution in [-0.4, -0.2) is 45.3 Å². The number of carbonyl (C=O) groups is 1. The number of rotatable bonds is 4. The molecule has 0 atom stereocenters. The highest BCUT2D eigenvalue weighted by atomic mass is 16.2. The average molecular weight is 272 g/mol. The van der Waals surface area contributed by atoms with Crippen molar-refractivity contribution in [3.8, 4) is 11.4 Å². The lowest BCUT2D eigenvalue weighted by Crippen LogP contribution is -2.31. The second-order valence-corrected chi connectivity index (χ2v) is 4.67. The third-order valence-corrected chi connectivity index (χ3v) is 3.25. The predicted octanol–water partition coefficient (Wildman–Crippen LogP) is 0.552. The Hall–Kier alpha value is -2.57. The first-order valence-corrected chi connectivity index (χ1v) is 6.50. The number of urea groups is 1. The summed E-state index contributed by atoms with van der Waals surface area (Å²) >= 11 is 0. The molecule has 1 saturated heterocycles. The minimum Gasteiger partial charge on any atom is -0.399 e. The Bertz CT molecular complexity index is 606. The minimum atomic E-state index is -0.0103. The van der Waals surface area contributed by atoms with Crippen LogP contribution in [0.15, 0.2) is 30.6 Å². The fraction of sp³-hybridized carbons (Fsp3) is 0.308. The van der Waals surface area contributed by atoms with E-state index in [-0.39, 0.29) is 6.03 Å². The van der Waals surface area contributed by atoms with Gasteiger partial charge in [-0.2, -0.15) is 5.10 Å². The van der Waals surface area contributed by atoms with Gasteiger partial charge in [-0.3, -0.25) is 4.68 Å². The Morgan fingerprint density at radius 2 is 2.05 bits per heavy atom. The van der Waals surface area contributed by atoms with Crippen molar-refractivity contribution in [1.29, 1.82) is 0 Å². The van der Waals surface area contributed by atoms with Gasteiger partial charge in [0, 0.05) is 30.9 Å². The molecule has 2 amide bonds. The van der Waals surface area contributed by atoms with E-state index in [9.17, 15) is 4.79 Å². The number of hydrogen-bond donors (Lipinski definition) is 2. The number of nitrogens with two attached hydrogens (primary N) is 1. The molecule has 0 bridgehead atoms. The lowest BCUT2D eigenvalue weighted by Gasteiger charge is -2.13. The first-order valence-electron chi connectivity index (χ1n) is 6.50. The van der Waals surface area contributed by atoms with E-state index in [1.807, 2.05) is 24.3 Å². The van der Waals surface area contributed by atoms with Crippen molar-refractivity contribution < 1.29 is 4.79 Å². The maximum Gasteiger partial charge on any atom is 0.317 e. The summed E-state index contributed by atoms with van der Waals surface area (Å²) in [5.74, 6) is 0.663. The largest absolute Gasteiger partial charge is 0.399 e. The third kappa shape index (κ3) is 2.56. The van der Waals surface area contributed by atoms with Crippen LogP contribution in [0, 0.1) is 0 Å². The van der Waals surface area contributed by atoms with Gasteiger partial charge in [-0.25, -0.2) is 9.78 Å². The summed E-state index contributed by atoms with van der Waals surface area (Å²) in [7, 11) is 0. The number of nitrogens with zero attached hydrogens (tertiary/aromatic N) is 4. The summed E-state index contributed by atoms with van der Waals surface area (Å²) in [5, 5.41) is 7.17. The molecule has 0 spiro atoms. The zero-order valence-electron chi connectivity index (χ0n) is 11.0. The Labute approximate surface area is 116 Å². The van der Waals surface area contributed by atoms with Crippen LogP contribution in [0.3, 0.4) is 0 Å². The van der Waals surface area contributed by atoms with Gasteiger partial charge in [-0.1, -0.05) is 0 Å². The molecular weight excluding hydrogens is 256 g/mol. The highest BCUT2D eigenvalue weighted by Crippen LogP contribution is 2.15. The van der Waals surface area contributed by atoms with Crippen LogP contribution >= 0.6 is 0 Å². The van der Waals surface area contributed by atoms with E-state index in [1.165, 1.54) is 0 Å². The van der Waals surface area contributed by atoms with E-state index >= 15 is 0 Å². The smallest absolute Gasteiger partial charge is 0.317 e. The van der Waals surface area contributed by atoms with Crippen LogP contribution < -0.4 is 11.1 Å². The van der Waals surface area contributed by atoms with E-state index in [1.54, 1.807) is 15.9 Å². The Morgan fingerprint density at radius 1 is 1.25 bits per heavy atom. The average Bonchev–Trinajstić information content (AvgIpc) is 3.06. The molecule has 2 heterocycles. The van der Waals surface area contributed by atoms with Crippen molar-refractivity contribution in [1.82, 2.24) is 25.0 Å². The third-order valence-electron chi connectivity index (χ3n) is 3.25. The van der Waals surface area contributed by atoms with Crippen LogP contribution in [0.4, 0.5) is 10.5 Å². The predicted molar refractivity (Wildman–Crippen MR) is 74.8 cm³/mol. The summed E-state index contributed by atoms with van der Waals surface area (Å²) in [5.41, 5.74) is 7.29. The monoisotopic (exact) mass is 272 g/mol. The van der Waals surface area contributed by atoms with E-state index in [4.69, 9.17) is 5.73 Å². The van der Waals surface area contributed by atoms with Crippen LogP contribution in [0.1, 0.15) is 0 Å². The van der Waals surface area contributed by atoms with Crippen molar-refractivity contribution in [2.24, 2.45) is 0 Å². The number of anilines is 1. The van der Waals surface area contributed by atoms with Gasteiger partial charge in [0.2, 0.25) is 0 Å². The molecule has 3 N–H and O–H groups in total. The van der Waals surface area contributed by atoms with E-state index in [0.717, 1.165) is 12.1 Å². The molecule has 1 aliphatic rings.